The number of fused-ring (bicyclic) bond motifs is 2. The number of hydrogen-bond acceptors (Lipinski definition) is 3. The summed E-state index contributed by atoms with van der Waals surface area (Å²) >= 11 is 1.93. The Morgan fingerprint density at radius 1 is 1.14 bits per heavy atom. The second kappa shape index (κ2) is 5.24. The van der Waals surface area contributed by atoms with Crippen LogP contribution < -0.4 is 5.32 Å². The molecule has 106 valence electrons. The van der Waals surface area contributed by atoms with Crippen LogP contribution in [0.25, 0.3) is 11.0 Å². The van der Waals surface area contributed by atoms with Crippen molar-refractivity contribution in [3.05, 3.63) is 65.9 Å². The highest BCUT2D eigenvalue weighted by Crippen LogP contribution is 2.39. The molecule has 2 nitrogen and oxygen atoms in total. The van der Waals surface area contributed by atoms with Crippen LogP contribution in [0.15, 0.2) is 63.9 Å². The molecule has 1 aliphatic rings. The van der Waals surface area contributed by atoms with E-state index in [1.165, 1.54) is 15.8 Å². The van der Waals surface area contributed by atoms with Gasteiger partial charge < -0.3 is 4.42 Å². The minimum Gasteiger partial charge on any atom is -0.459 e. The Morgan fingerprint density at radius 2 is 1.95 bits per heavy atom. The van der Waals surface area contributed by atoms with Crippen LogP contribution in [-0.4, -0.2) is 5.75 Å². The summed E-state index contributed by atoms with van der Waals surface area (Å²) in [4.78, 5) is 1.40. The van der Waals surface area contributed by atoms with Crippen LogP contribution in [0.4, 0.5) is 0 Å². The third kappa shape index (κ3) is 2.37. The predicted octanol–water partition coefficient (Wildman–Crippen LogP) is 4.93. The molecule has 2 unspecified atom stereocenters. The molecule has 1 aliphatic heterocycles. The number of furan rings is 1. The molecule has 4 rings (SSSR count). The van der Waals surface area contributed by atoms with Gasteiger partial charge in [-0.25, -0.2) is 0 Å². The van der Waals surface area contributed by atoms with Gasteiger partial charge in [0.2, 0.25) is 0 Å². The first-order valence-corrected chi connectivity index (χ1v) is 8.26. The molecular formula is C18H17NOS. The van der Waals surface area contributed by atoms with E-state index in [0.29, 0.717) is 6.04 Å². The van der Waals surface area contributed by atoms with Gasteiger partial charge in [0.1, 0.15) is 11.3 Å². The molecule has 3 aromatic rings. The van der Waals surface area contributed by atoms with Crippen LogP contribution in [0.5, 0.6) is 0 Å². The Bertz CT molecular complexity index is 746. The van der Waals surface area contributed by atoms with Crippen LogP contribution in [0.2, 0.25) is 0 Å². The van der Waals surface area contributed by atoms with Crippen LogP contribution >= 0.6 is 11.8 Å². The van der Waals surface area contributed by atoms with Gasteiger partial charge in [0.05, 0.1) is 6.04 Å². The predicted molar refractivity (Wildman–Crippen MR) is 87.7 cm³/mol. The van der Waals surface area contributed by atoms with Crippen molar-refractivity contribution in [3.63, 3.8) is 0 Å². The molecule has 0 radical (unpaired) electrons. The fourth-order valence-corrected chi connectivity index (χ4v) is 4.07. The van der Waals surface area contributed by atoms with Gasteiger partial charge in [-0.1, -0.05) is 36.4 Å². The van der Waals surface area contributed by atoms with Crippen molar-refractivity contribution < 1.29 is 4.42 Å². The molecule has 2 heterocycles. The number of benzene rings is 2. The average Bonchev–Trinajstić information content (AvgIpc) is 3.11. The summed E-state index contributed by atoms with van der Waals surface area (Å²) in [6.07, 6.45) is 0. The molecule has 0 spiro atoms. The highest BCUT2D eigenvalue weighted by molar-refractivity contribution is 7.99. The molecule has 1 aromatic heterocycles. The van der Waals surface area contributed by atoms with E-state index in [1.807, 2.05) is 30.0 Å². The molecule has 0 bridgehead atoms. The van der Waals surface area contributed by atoms with E-state index in [9.17, 15) is 0 Å². The van der Waals surface area contributed by atoms with Crippen molar-refractivity contribution in [1.82, 2.24) is 5.32 Å². The van der Waals surface area contributed by atoms with Gasteiger partial charge >= 0.3 is 0 Å². The first-order chi connectivity index (χ1) is 10.3. The maximum absolute atomic E-state index is 5.96. The molecule has 0 fully saturated rings. The summed E-state index contributed by atoms with van der Waals surface area (Å²) in [5.41, 5.74) is 2.37. The van der Waals surface area contributed by atoms with Gasteiger partial charge in [-0.05, 0) is 30.7 Å². The van der Waals surface area contributed by atoms with Crippen LogP contribution in [-0.2, 0) is 0 Å². The molecule has 0 saturated carbocycles. The summed E-state index contributed by atoms with van der Waals surface area (Å²) in [5, 5.41) is 4.87. The zero-order chi connectivity index (χ0) is 14.2. The van der Waals surface area contributed by atoms with E-state index < -0.39 is 0 Å². The maximum Gasteiger partial charge on any atom is 0.134 e. The van der Waals surface area contributed by atoms with Gasteiger partial charge in [-0.3, -0.25) is 5.32 Å². The van der Waals surface area contributed by atoms with E-state index in [1.54, 1.807) is 0 Å². The largest absolute Gasteiger partial charge is 0.459 e. The first-order valence-electron chi connectivity index (χ1n) is 7.27. The molecular weight excluding hydrogens is 278 g/mol. The Labute approximate surface area is 128 Å². The summed E-state index contributed by atoms with van der Waals surface area (Å²) in [6, 6.07) is 19.6. The van der Waals surface area contributed by atoms with Gasteiger partial charge in [0, 0.05) is 22.1 Å². The van der Waals surface area contributed by atoms with E-state index in [-0.39, 0.29) is 6.04 Å². The quantitative estimate of drug-likeness (QED) is 0.741. The Kier molecular flexibility index (Phi) is 3.24. The lowest BCUT2D eigenvalue weighted by Gasteiger charge is -2.18. The molecule has 0 saturated heterocycles. The second-order valence-corrected chi connectivity index (χ2v) is 6.54. The third-order valence-electron chi connectivity index (χ3n) is 4.02. The minimum atomic E-state index is 0.203. The molecule has 2 aromatic carbocycles. The number of hydrogen-bond donors (Lipinski definition) is 1. The molecule has 21 heavy (non-hydrogen) atoms. The molecule has 3 heteroatoms. The van der Waals surface area contributed by atoms with Crippen molar-refractivity contribution in [2.24, 2.45) is 0 Å². The summed E-state index contributed by atoms with van der Waals surface area (Å²) in [5.74, 6) is 2.09. The monoisotopic (exact) mass is 295 g/mol. The third-order valence-corrected chi connectivity index (χ3v) is 5.21. The number of thioether (sulfide) groups is 1. The highest BCUT2D eigenvalue weighted by Gasteiger charge is 2.25. The maximum atomic E-state index is 5.96. The Morgan fingerprint density at radius 3 is 2.86 bits per heavy atom. The van der Waals surface area contributed by atoms with Crippen LogP contribution in [0.3, 0.4) is 0 Å². The second-order valence-electron chi connectivity index (χ2n) is 5.48. The molecule has 1 N–H and O–H groups in total. The van der Waals surface area contributed by atoms with Crippen molar-refractivity contribution in [2.75, 3.05) is 5.75 Å². The van der Waals surface area contributed by atoms with E-state index in [0.717, 1.165) is 17.1 Å². The zero-order valence-electron chi connectivity index (χ0n) is 11.9. The van der Waals surface area contributed by atoms with Crippen molar-refractivity contribution in [2.45, 2.75) is 23.9 Å². The topological polar surface area (TPSA) is 25.2 Å². The van der Waals surface area contributed by atoms with Gasteiger partial charge in [-0.2, -0.15) is 0 Å². The lowest BCUT2D eigenvalue weighted by Crippen LogP contribution is -2.24. The highest BCUT2D eigenvalue weighted by atomic mass is 32.2. The van der Waals surface area contributed by atoms with E-state index in [4.69, 9.17) is 4.42 Å². The lowest BCUT2D eigenvalue weighted by atomic mass is 10.1. The van der Waals surface area contributed by atoms with E-state index >= 15 is 0 Å². The number of nitrogens with one attached hydrogen (secondary N) is 1. The first kappa shape index (κ1) is 13.0. The summed E-state index contributed by atoms with van der Waals surface area (Å²) in [6.45, 7) is 2.17. The Balaban J connectivity index is 1.57. The summed E-state index contributed by atoms with van der Waals surface area (Å²) in [7, 11) is 0. The van der Waals surface area contributed by atoms with Crippen molar-refractivity contribution >= 4 is 22.7 Å². The van der Waals surface area contributed by atoms with Crippen LogP contribution in [0, 0.1) is 0 Å². The number of rotatable bonds is 3. The SMILES string of the molecule is CC(NC1CSc2ccccc21)c1cc2ccccc2o1. The number of para-hydroxylation sites is 1. The van der Waals surface area contributed by atoms with E-state index in [2.05, 4.69) is 48.6 Å². The minimum absolute atomic E-state index is 0.203. The fraction of sp³-hybridized carbons (Fsp3) is 0.222. The van der Waals surface area contributed by atoms with Crippen molar-refractivity contribution in [1.29, 1.82) is 0 Å². The smallest absolute Gasteiger partial charge is 0.134 e. The standard InChI is InChI=1S/C18H17NOS/c1-12(17-10-13-6-2-4-8-16(13)20-17)19-15-11-21-18-9-5-3-7-14(15)18/h2-10,12,15,19H,11H2,1H3. The van der Waals surface area contributed by atoms with Crippen molar-refractivity contribution in [3.8, 4) is 0 Å². The normalized spacial score (nSPS) is 18.8. The average molecular weight is 295 g/mol. The summed E-state index contributed by atoms with van der Waals surface area (Å²) < 4.78 is 5.96. The van der Waals surface area contributed by atoms with Gasteiger partial charge in [-0.15, -0.1) is 11.8 Å². The Hall–Kier alpha value is -1.71. The zero-order valence-corrected chi connectivity index (χ0v) is 12.7. The molecule has 0 amide bonds. The van der Waals surface area contributed by atoms with Gasteiger partial charge in [0.25, 0.3) is 0 Å². The molecule has 0 aliphatic carbocycles. The van der Waals surface area contributed by atoms with Crippen LogP contribution in [0.1, 0.15) is 30.3 Å². The molecule has 2 atom stereocenters. The lowest BCUT2D eigenvalue weighted by molar-refractivity contribution is 0.420. The van der Waals surface area contributed by atoms with Gasteiger partial charge in [0.15, 0.2) is 0 Å². The fourth-order valence-electron chi connectivity index (χ4n) is 2.90.